The average molecular weight is 379 g/mol. The number of carboxylic acid groups (broad SMARTS) is 1. The van der Waals surface area contributed by atoms with E-state index in [2.05, 4.69) is 4.98 Å². The molecule has 1 aliphatic rings. The van der Waals surface area contributed by atoms with Crippen LogP contribution in [-0.2, 0) is 4.74 Å². The molecule has 0 aliphatic carbocycles. The van der Waals surface area contributed by atoms with Gasteiger partial charge in [-0.2, -0.15) is 0 Å². The minimum Gasteiger partial charge on any atom is -0.489 e. The number of hydrogen-bond donors (Lipinski definition) is 1. The van der Waals surface area contributed by atoms with E-state index in [0.717, 1.165) is 5.56 Å². The van der Waals surface area contributed by atoms with Gasteiger partial charge in [0.05, 0.1) is 24.4 Å². The highest BCUT2D eigenvalue weighted by Crippen LogP contribution is 2.35. The third kappa shape index (κ3) is 3.45. The summed E-state index contributed by atoms with van der Waals surface area (Å²) in [5.74, 6) is -0.788. The first-order valence-corrected chi connectivity index (χ1v) is 8.57. The smallest absolute Gasteiger partial charge is 0.341 e. The molecule has 0 saturated carbocycles. The Labute approximate surface area is 155 Å². The molecule has 0 aromatic carbocycles. The van der Waals surface area contributed by atoms with Gasteiger partial charge in [-0.3, -0.25) is 4.79 Å². The maximum absolute atomic E-state index is 12.3. The number of nitrogens with zero attached hydrogens (tertiary/aromatic N) is 2. The third-order valence-corrected chi connectivity index (χ3v) is 4.50. The van der Waals surface area contributed by atoms with Crippen LogP contribution in [0.1, 0.15) is 35.8 Å². The second-order valence-corrected chi connectivity index (χ2v) is 6.80. The van der Waals surface area contributed by atoms with Gasteiger partial charge in [-0.15, -0.1) is 0 Å². The third-order valence-electron chi connectivity index (χ3n) is 4.12. The van der Waals surface area contributed by atoms with Crippen LogP contribution in [0.2, 0.25) is 5.15 Å². The Morgan fingerprint density at radius 1 is 1.50 bits per heavy atom. The predicted molar refractivity (Wildman–Crippen MR) is 96.3 cm³/mol. The topological polar surface area (TPSA) is 90.7 Å². The number of pyridine rings is 2. The summed E-state index contributed by atoms with van der Waals surface area (Å²) in [6.45, 7) is 6.17. The molecule has 26 heavy (non-hydrogen) atoms. The molecule has 1 unspecified atom stereocenters. The van der Waals surface area contributed by atoms with Gasteiger partial charge in [0.15, 0.2) is 5.43 Å². The highest BCUT2D eigenvalue weighted by molar-refractivity contribution is 6.30. The van der Waals surface area contributed by atoms with E-state index < -0.39 is 11.4 Å². The van der Waals surface area contributed by atoms with Gasteiger partial charge in [-0.25, -0.2) is 9.78 Å². The van der Waals surface area contributed by atoms with E-state index in [0.29, 0.717) is 28.9 Å². The van der Waals surface area contributed by atoms with E-state index in [-0.39, 0.29) is 24.3 Å². The molecule has 0 bridgehead atoms. The summed E-state index contributed by atoms with van der Waals surface area (Å²) in [5, 5.41) is 9.60. The molecule has 1 N–H and O–H groups in total. The van der Waals surface area contributed by atoms with Gasteiger partial charge in [0.2, 0.25) is 0 Å². The number of rotatable bonds is 4. The lowest BCUT2D eigenvalue weighted by atomic mass is 10.1. The van der Waals surface area contributed by atoms with Crippen molar-refractivity contribution in [3.8, 4) is 17.1 Å². The molecule has 3 rings (SSSR count). The maximum Gasteiger partial charge on any atom is 0.341 e. The van der Waals surface area contributed by atoms with Crippen molar-refractivity contribution < 1.29 is 19.4 Å². The number of halogens is 1. The van der Waals surface area contributed by atoms with Crippen LogP contribution in [0.5, 0.6) is 5.75 Å². The Morgan fingerprint density at radius 3 is 2.88 bits per heavy atom. The molecule has 1 atom stereocenters. The van der Waals surface area contributed by atoms with Crippen LogP contribution in [0.4, 0.5) is 0 Å². The number of carbonyl (C=O) groups is 1. The van der Waals surface area contributed by atoms with Crippen LogP contribution in [0.25, 0.3) is 11.4 Å². The zero-order valence-corrected chi connectivity index (χ0v) is 15.4. The van der Waals surface area contributed by atoms with Crippen LogP contribution >= 0.6 is 11.6 Å². The van der Waals surface area contributed by atoms with E-state index in [1.54, 1.807) is 10.6 Å². The molecule has 0 amide bonds. The molecule has 1 aliphatic heterocycles. The summed E-state index contributed by atoms with van der Waals surface area (Å²) in [6, 6.07) is 2.70. The first-order valence-electron chi connectivity index (χ1n) is 8.19. The number of fused-ring (bicyclic) bond motifs is 3. The number of ether oxygens (including phenoxy) is 2. The van der Waals surface area contributed by atoms with Crippen LogP contribution in [0.3, 0.4) is 0 Å². The molecule has 0 spiro atoms. The standard InChI is InChI=1S/C18H19ClN2O5/c1-9(2)25-7-11-8-26-15-4-10(3)17(19)20-16(15)13-5-14(22)12(18(23)24)6-21(11)13/h4-6,9,11H,7-8H2,1-3H3,(H,23,24). The SMILES string of the molecule is Cc1cc2c(nc1Cl)-c1cc(=O)c(C(=O)O)cn1C(COC(C)C)CO2. The molecule has 2 aromatic rings. The maximum atomic E-state index is 12.3. The van der Waals surface area contributed by atoms with Crippen molar-refractivity contribution in [2.75, 3.05) is 13.2 Å². The first-order chi connectivity index (χ1) is 12.3. The Morgan fingerprint density at radius 2 is 2.23 bits per heavy atom. The molecular weight excluding hydrogens is 360 g/mol. The van der Waals surface area contributed by atoms with Gasteiger partial charge in [-0.05, 0) is 32.4 Å². The van der Waals surface area contributed by atoms with Crippen molar-refractivity contribution in [1.29, 1.82) is 0 Å². The van der Waals surface area contributed by atoms with Crippen molar-refractivity contribution in [2.45, 2.75) is 32.9 Å². The van der Waals surface area contributed by atoms with Gasteiger partial charge < -0.3 is 19.1 Å². The van der Waals surface area contributed by atoms with Crippen molar-refractivity contribution in [1.82, 2.24) is 9.55 Å². The monoisotopic (exact) mass is 378 g/mol. The van der Waals surface area contributed by atoms with Gasteiger partial charge in [0.1, 0.15) is 28.8 Å². The molecule has 0 fully saturated rings. The fraction of sp³-hybridized carbons (Fsp3) is 0.389. The summed E-state index contributed by atoms with van der Waals surface area (Å²) < 4.78 is 13.3. The largest absolute Gasteiger partial charge is 0.489 e. The summed E-state index contributed by atoms with van der Waals surface area (Å²) in [6.07, 6.45) is 1.32. The van der Waals surface area contributed by atoms with Crippen molar-refractivity contribution in [3.05, 3.63) is 44.8 Å². The molecule has 0 saturated heterocycles. The van der Waals surface area contributed by atoms with E-state index in [1.807, 2.05) is 20.8 Å². The lowest BCUT2D eigenvalue weighted by molar-refractivity contribution is 0.0422. The van der Waals surface area contributed by atoms with Crippen LogP contribution in [0.15, 0.2) is 23.1 Å². The van der Waals surface area contributed by atoms with Crippen LogP contribution < -0.4 is 10.2 Å². The van der Waals surface area contributed by atoms with E-state index >= 15 is 0 Å². The van der Waals surface area contributed by atoms with Crippen molar-refractivity contribution >= 4 is 17.6 Å². The fourth-order valence-corrected chi connectivity index (χ4v) is 2.90. The van der Waals surface area contributed by atoms with E-state index in [9.17, 15) is 14.7 Å². The van der Waals surface area contributed by atoms with Gasteiger partial charge in [0, 0.05) is 12.3 Å². The number of hydrogen-bond acceptors (Lipinski definition) is 5. The molecular formula is C18H19ClN2O5. The Kier molecular flexibility index (Phi) is 5.02. The second-order valence-electron chi connectivity index (χ2n) is 6.44. The predicted octanol–water partition coefficient (Wildman–Crippen LogP) is 2.93. The minimum absolute atomic E-state index is 0.00258. The number of carboxylic acids is 1. The average Bonchev–Trinajstić information content (AvgIpc) is 2.70. The first kappa shape index (κ1) is 18.4. The quantitative estimate of drug-likeness (QED) is 0.822. The summed E-state index contributed by atoms with van der Waals surface area (Å²) in [4.78, 5) is 28.0. The zero-order chi connectivity index (χ0) is 19.0. The number of aryl methyl sites for hydroxylation is 1. The van der Waals surface area contributed by atoms with E-state index in [4.69, 9.17) is 21.1 Å². The van der Waals surface area contributed by atoms with Gasteiger partial charge >= 0.3 is 5.97 Å². The Bertz CT molecular complexity index is 923. The highest BCUT2D eigenvalue weighted by Gasteiger charge is 2.27. The van der Waals surface area contributed by atoms with Gasteiger partial charge in [0.25, 0.3) is 0 Å². The summed E-state index contributed by atoms with van der Waals surface area (Å²) >= 11 is 6.15. The minimum atomic E-state index is -1.28. The molecule has 138 valence electrons. The lowest BCUT2D eigenvalue weighted by Gasteiger charge is -2.22. The fourth-order valence-electron chi connectivity index (χ4n) is 2.76. The van der Waals surface area contributed by atoms with Gasteiger partial charge in [-0.1, -0.05) is 11.6 Å². The highest BCUT2D eigenvalue weighted by atomic mass is 35.5. The lowest BCUT2D eigenvalue weighted by Crippen LogP contribution is -2.26. The zero-order valence-electron chi connectivity index (χ0n) is 14.7. The molecule has 0 radical (unpaired) electrons. The normalized spacial score (nSPS) is 15.8. The summed E-state index contributed by atoms with van der Waals surface area (Å²) in [7, 11) is 0. The number of aromatic carboxylic acids is 1. The number of aromatic nitrogens is 2. The Balaban J connectivity index is 2.21. The Hall–Kier alpha value is -2.38. The van der Waals surface area contributed by atoms with Crippen molar-refractivity contribution in [3.63, 3.8) is 0 Å². The molecule has 3 heterocycles. The van der Waals surface area contributed by atoms with E-state index in [1.165, 1.54) is 12.3 Å². The molecule has 2 aromatic heterocycles. The molecule has 8 heteroatoms. The molecule has 7 nitrogen and oxygen atoms in total. The second kappa shape index (κ2) is 7.09. The van der Waals surface area contributed by atoms with Crippen LogP contribution in [-0.4, -0.2) is 39.9 Å². The van der Waals surface area contributed by atoms with Crippen LogP contribution in [0, 0.1) is 6.92 Å². The summed E-state index contributed by atoms with van der Waals surface area (Å²) in [5.41, 5.74) is 0.690. The van der Waals surface area contributed by atoms with Crippen molar-refractivity contribution in [2.24, 2.45) is 0 Å².